The van der Waals surface area contributed by atoms with Crippen molar-refractivity contribution in [3.63, 3.8) is 0 Å². The number of aryl methyl sites for hydroxylation is 3. The lowest BCUT2D eigenvalue weighted by Crippen LogP contribution is -2.12. The van der Waals surface area contributed by atoms with Gasteiger partial charge < -0.3 is 5.11 Å². The van der Waals surface area contributed by atoms with Crippen LogP contribution in [0.15, 0.2) is 42.5 Å². The molecule has 3 aromatic rings. The minimum atomic E-state index is -0.116. The normalized spacial score (nSPS) is 11.9. The van der Waals surface area contributed by atoms with Crippen LogP contribution in [0, 0.1) is 20.8 Å². The van der Waals surface area contributed by atoms with E-state index in [1.807, 2.05) is 18.2 Å². The Labute approximate surface area is 145 Å². The van der Waals surface area contributed by atoms with E-state index in [1.54, 1.807) is 0 Å². The van der Waals surface area contributed by atoms with Crippen molar-refractivity contribution in [1.82, 2.24) is 0 Å². The molecule has 1 heteroatoms. The van der Waals surface area contributed by atoms with Crippen molar-refractivity contribution in [1.29, 1.82) is 0 Å². The van der Waals surface area contributed by atoms with Crippen LogP contribution in [-0.2, 0) is 5.41 Å². The first-order chi connectivity index (χ1) is 11.2. The SMILES string of the molecule is Cc1cc(C)c(-c2cc(C(C)(C)C)c(O)c3ccccc23)c(C)c1. The van der Waals surface area contributed by atoms with Gasteiger partial charge in [-0.3, -0.25) is 0 Å². The highest BCUT2D eigenvalue weighted by Gasteiger charge is 2.23. The van der Waals surface area contributed by atoms with Gasteiger partial charge >= 0.3 is 0 Å². The van der Waals surface area contributed by atoms with E-state index in [0.717, 1.165) is 16.3 Å². The van der Waals surface area contributed by atoms with E-state index >= 15 is 0 Å². The number of fused-ring (bicyclic) bond motifs is 1. The molecule has 3 rings (SSSR count). The molecular weight excluding hydrogens is 292 g/mol. The van der Waals surface area contributed by atoms with Crippen molar-refractivity contribution in [2.45, 2.75) is 47.0 Å². The molecule has 0 saturated heterocycles. The lowest BCUT2D eigenvalue weighted by Gasteiger charge is -2.24. The highest BCUT2D eigenvalue weighted by molar-refractivity contribution is 6.02. The van der Waals surface area contributed by atoms with E-state index in [4.69, 9.17) is 0 Å². The fourth-order valence-corrected chi connectivity index (χ4v) is 3.74. The second kappa shape index (κ2) is 5.66. The topological polar surface area (TPSA) is 20.2 Å². The number of phenolic OH excluding ortho intramolecular Hbond substituents is 1. The Morgan fingerprint density at radius 3 is 1.88 bits per heavy atom. The van der Waals surface area contributed by atoms with Crippen molar-refractivity contribution in [2.75, 3.05) is 0 Å². The number of phenols is 1. The molecule has 0 spiro atoms. The molecule has 0 amide bonds. The molecule has 1 nitrogen and oxygen atoms in total. The fourth-order valence-electron chi connectivity index (χ4n) is 3.74. The van der Waals surface area contributed by atoms with Gasteiger partial charge in [0.1, 0.15) is 5.75 Å². The van der Waals surface area contributed by atoms with E-state index in [-0.39, 0.29) is 5.41 Å². The van der Waals surface area contributed by atoms with E-state index in [1.165, 1.54) is 27.8 Å². The number of rotatable bonds is 1. The molecule has 0 atom stereocenters. The van der Waals surface area contributed by atoms with E-state index in [2.05, 4.69) is 65.8 Å². The van der Waals surface area contributed by atoms with Gasteiger partial charge in [0.2, 0.25) is 0 Å². The monoisotopic (exact) mass is 318 g/mol. The number of benzene rings is 3. The molecule has 1 N–H and O–H groups in total. The molecule has 24 heavy (non-hydrogen) atoms. The predicted octanol–water partition coefficient (Wildman–Crippen LogP) is 6.44. The van der Waals surface area contributed by atoms with Crippen LogP contribution >= 0.6 is 0 Å². The van der Waals surface area contributed by atoms with Crippen LogP contribution in [0.5, 0.6) is 5.75 Å². The van der Waals surface area contributed by atoms with Gasteiger partial charge in [0.15, 0.2) is 0 Å². The molecule has 0 fully saturated rings. The minimum absolute atomic E-state index is 0.116. The summed E-state index contributed by atoms with van der Waals surface area (Å²) in [4.78, 5) is 0. The first kappa shape index (κ1) is 16.6. The molecule has 0 radical (unpaired) electrons. The van der Waals surface area contributed by atoms with Gasteiger partial charge in [0, 0.05) is 10.9 Å². The third-order valence-corrected chi connectivity index (χ3v) is 4.77. The van der Waals surface area contributed by atoms with Crippen molar-refractivity contribution in [2.24, 2.45) is 0 Å². The summed E-state index contributed by atoms with van der Waals surface area (Å²) in [6.45, 7) is 12.9. The number of hydrogen-bond donors (Lipinski definition) is 1. The van der Waals surface area contributed by atoms with Crippen LogP contribution in [0.2, 0.25) is 0 Å². The molecule has 124 valence electrons. The van der Waals surface area contributed by atoms with Gasteiger partial charge in [-0.1, -0.05) is 62.7 Å². The van der Waals surface area contributed by atoms with Gasteiger partial charge in [-0.05, 0) is 59.9 Å². The first-order valence-electron chi connectivity index (χ1n) is 8.53. The molecule has 0 aliphatic rings. The summed E-state index contributed by atoms with van der Waals surface area (Å²) in [5, 5.41) is 12.9. The predicted molar refractivity (Wildman–Crippen MR) is 104 cm³/mol. The zero-order valence-corrected chi connectivity index (χ0v) is 15.5. The van der Waals surface area contributed by atoms with Crippen LogP contribution in [-0.4, -0.2) is 5.11 Å². The van der Waals surface area contributed by atoms with Crippen molar-refractivity contribution in [3.05, 3.63) is 64.7 Å². The fraction of sp³-hybridized carbons (Fsp3) is 0.304. The van der Waals surface area contributed by atoms with Crippen molar-refractivity contribution in [3.8, 4) is 16.9 Å². The Morgan fingerprint density at radius 2 is 1.33 bits per heavy atom. The van der Waals surface area contributed by atoms with Gasteiger partial charge in [-0.2, -0.15) is 0 Å². The molecule has 0 aromatic heterocycles. The summed E-state index contributed by atoms with van der Waals surface area (Å²) in [5.41, 5.74) is 7.22. The molecule has 0 aliphatic heterocycles. The largest absolute Gasteiger partial charge is 0.507 e. The Kier molecular flexibility index (Phi) is 3.91. The highest BCUT2D eigenvalue weighted by atomic mass is 16.3. The van der Waals surface area contributed by atoms with Crippen LogP contribution < -0.4 is 0 Å². The molecule has 0 aliphatic carbocycles. The third kappa shape index (κ3) is 2.69. The zero-order valence-electron chi connectivity index (χ0n) is 15.5. The lowest BCUT2D eigenvalue weighted by molar-refractivity contribution is 0.453. The molecule has 3 aromatic carbocycles. The van der Waals surface area contributed by atoms with E-state index in [0.29, 0.717) is 5.75 Å². The molecule has 0 saturated carbocycles. The summed E-state index contributed by atoms with van der Waals surface area (Å²) in [6.07, 6.45) is 0. The maximum atomic E-state index is 10.8. The second-order valence-electron chi connectivity index (χ2n) is 7.89. The zero-order chi connectivity index (χ0) is 17.6. The first-order valence-corrected chi connectivity index (χ1v) is 8.53. The van der Waals surface area contributed by atoms with E-state index < -0.39 is 0 Å². The number of hydrogen-bond acceptors (Lipinski definition) is 1. The third-order valence-electron chi connectivity index (χ3n) is 4.77. The quantitative estimate of drug-likeness (QED) is 0.547. The number of aromatic hydroxyl groups is 1. The van der Waals surface area contributed by atoms with E-state index in [9.17, 15) is 5.11 Å². The summed E-state index contributed by atoms with van der Waals surface area (Å²) in [7, 11) is 0. The summed E-state index contributed by atoms with van der Waals surface area (Å²) >= 11 is 0. The second-order valence-corrected chi connectivity index (χ2v) is 7.89. The molecular formula is C23H26O. The van der Waals surface area contributed by atoms with Gasteiger partial charge in [0.05, 0.1) is 0 Å². The van der Waals surface area contributed by atoms with Crippen LogP contribution in [0.25, 0.3) is 21.9 Å². The summed E-state index contributed by atoms with van der Waals surface area (Å²) < 4.78 is 0. The van der Waals surface area contributed by atoms with Crippen LogP contribution in [0.1, 0.15) is 43.0 Å². The lowest BCUT2D eigenvalue weighted by atomic mass is 9.81. The minimum Gasteiger partial charge on any atom is -0.507 e. The van der Waals surface area contributed by atoms with Crippen molar-refractivity contribution < 1.29 is 5.11 Å². The van der Waals surface area contributed by atoms with Crippen LogP contribution in [0.4, 0.5) is 0 Å². The molecule has 0 unspecified atom stereocenters. The average molecular weight is 318 g/mol. The van der Waals surface area contributed by atoms with Gasteiger partial charge in [-0.15, -0.1) is 0 Å². The smallest absolute Gasteiger partial charge is 0.127 e. The summed E-state index contributed by atoms with van der Waals surface area (Å²) in [5.74, 6) is 0.407. The Bertz CT molecular complexity index is 904. The maximum Gasteiger partial charge on any atom is 0.127 e. The Balaban J connectivity index is 2.47. The van der Waals surface area contributed by atoms with Gasteiger partial charge in [-0.25, -0.2) is 0 Å². The van der Waals surface area contributed by atoms with Crippen molar-refractivity contribution >= 4 is 10.8 Å². The average Bonchev–Trinajstić information content (AvgIpc) is 2.47. The molecule has 0 bridgehead atoms. The molecule has 0 heterocycles. The maximum absolute atomic E-state index is 10.8. The van der Waals surface area contributed by atoms with Gasteiger partial charge in [0.25, 0.3) is 0 Å². The Morgan fingerprint density at radius 1 is 0.792 bits per heavy atom. The standard InChI is InChI=1S/C23H26O/c1-14-11-15(2)21(16(3)12-14)19-13-20(23(4,5)6)22(24)18-10-8-7-9-17(18)19/h7-13,24H,1-6H3. The Hall–Kier alpha value is -2.28. The van der Waals surface area contributed by atoms with Crippen LogP contribution in [0.3, 0.4) is 0 Å². The highest BCUT2D eigenvalue weighted by Crippen LogP contribution is 2.43. The summed E-state index contributed by atoms with van der Waals surface area (Å²) in [6, 6.07) is 14.8.